The van der Waals surface area contributed by atoms with Crippen molar-refractivity contribution in [3.8, 4) is 5.88 Å². The fraction of sp³-hybridized carbons (Fsp3) is 0.292. The SMILES string of the molecule is COc1nc(N2CCNCC2)ccc1Nc1ncc(Cl)c(Nc2ccc3nccnc3c2P(C)C)n1. The van der Waals surface area contributed by atoms with Gasteiger partial charge in [0.2, 0.25) is 11.8 Å². The van der Waals surface area contributed by atoms with Crippen LogP contribution in [0.2, 0.25) is 5.02 Å². The summed E-state index contributed by atoms with van der Waals surface area (Å²) in [5.74, 6) is 2.20. The molecule has 3 aromatic heterocycles. The standard InChI is InChI=1S/C24H27ClN9OP/c1-35-23-18(6-7-19(32-23)34-12-10-26-11-13-34)31-24-29-14-15(25)22(33-24)30-17-5-4-16-20(21(17)36(2)3)28-9-8-27-16/h4-9,14,26H,10-13H2,1-3H3,(H2,29,30,31,33). The first-order chi connectivity index (χ1) is 17.5. The third kappa shape index (κ3) is 5.11. The van der Waals surface area contributed by atoms with E-state index in [1.54, 1.807) is 25.7 Å². The van der Waals surface area contributed by atoms with E-state index in [-0.39, 0.29) is 0 Å². The highest BCUT2D eigenvalue weighted by Crippen LogP contribution is 2.35. The summed E-state index contributed by atoms with van der Waals surface area (Å²) in [6.07, 6.45) is 4.98. The summed E-state index contributed by atoms with van der Waals surface area (Å²) in [5.41, 5.74) is 3.29. The average Bonchev–Trinajstić information content (AvgIpc) is 2.91. The predicted molar refractivity (Wildman–Crippen MR) is 147 cm³/mol. The Morgan fingerprint density at radius 2 is 1.75 bits per heavy atom. The topological polar surface area (TPSA) is 113 Å². The van der Waals surface area contributed by atoms with E-state index in [9.17, 15) is 0 Å². The van der Waals surface area contributed by atoms with Crippen molar-refractivity contribution in [1.82, 2.24) is 30.2 Å². The molecule has 0 atom stereocenters. The third-order valence-corrected chi connectivity index (χ3v) is 7.41. The number of ether oxygens (including phenoxy) is 1. The molecule has 10 nitrogen and oxygen atoms in total. The molecule has 5 rings (SSSR count). The Morgan fingerprint density at radius 3 is 2.53 bits per heavy atom. The first-order valence-electron chi connectivity index (χ1n) is 11.5. The summed E-state index contributed by atoms with van der Waals surface area (Å²) in [6, 6.07) is 7.83. The second kappa shape index (κ2) is 10.7. The van der Waals surface area contributed by atoms with E-state index in [1.807, 2.05) is 24.3 Å². The molecule has 4 aromatic rings. The Hall–Kier alpha value is -3.33. The van der Waals surface area contributed by atoms with Crippen LogP contribution in [-0.2, 0) is 0 Å². The minimum absolute atomic E-state index is 0.370. The van der Waals surface area contributed by atoms with E-state index in [0.29, 0.717) is 28.4 Å². The predicted octanol–water partition coefficient (Wildman–Crippen LogP) is 3.74. The van der Waals surface area contributed by atoms with Crippen molar-refractivity contribution in [1.29, 1.82) is 0 Å². The van der Waals surface area contributed by atoms with E-state index in [2.05, 4.69) is 59.1 Å². The number of methoxy groups -OCH3 is 1. The Morgan fingerprint density at radius 1 is 0.972 bits per heavy atom. The van der Waals surface area contributed by atoms with Gasteiger partial charge >= 0.3 is 0 Å². The Kier molecular flexibility index (Phi) is 7.27. The van der Waals surface area contributed by atoms with Crippen LogP contribution < -0.4 is 30.9 Å². The Bertz CT molecular complexity index is 1380. The molecule has 186 valence electrons. The van der Waals surface area contributed by atoms with Crippen LogP contribution in [0.15, 0.2) is 42.9 Å². The smallest absolute Gasteiger partial charge is 0.239 e. The van der Waals surface area contributed by atoms with Gasteiger partial charge in [0.25, 0.3) is 0 Å². The van der Waals surface area contributed by atoms with Crippen molar-refractivity contribution in [3.63, 3.8) is 0 Å². The van der Waals surface area contributed by atoms with Crippen LogP contribution in [0.25, 0.3) is 11.0 Å². The number of piperazine rings is 1. The maximum Gasteiger partial charge on any atom is 0.239 e. The number of pyridine rings is 1. The number of halogens is 1. The number of benzene rings is 1. The summed E-state index contributed by atoms with van der Waals surface area (Å²) < 4.78 is 5.56. The van der Waals surface area contributed by atoms with E-state index < -0.39 is 7.92 Å². The molecule has 0 bridgehead atoms. The molecule has 1 aliphatic heterocycles. The van der Waals surface area contributed by atoms with E-state index >= 15 is 0 Å². The van der Waals surface area contributed by atoms with Crippen molar-refractivity contribution >= 4 is 64.8 Å². The van der Waals surface area contributed by atoms with Gasteiger partial charge in [0, 0.05) is 49.6 Å². The Balaban J connectivity index is 1.42. The number of anilines is 5. The van der Waals surface area contributed by atoms with Gasteiger partial charge in [0.1, 0.15) is 16.5 Å². The fourth-order valence-electron chi connectivity index (χ4n) is 4.09. The number of nitrogens with one attached hydrogen (secondary N) is 3. The zero-order valence-corrected chi connectivity index (χ0v) is 21.9. The largest absolute Gasteiger partial charge is 0.479 e. The zero-order chi connectivity index (χ0) is 25.1. The molecule has 12 heteroatoms. The number of hydrogen-bond acceptors (Lipinski definition) is 10. The summed E-state index contributed by atoms with van der Waals surface area (Å²) in [6.45, 7) is 8.03. The van der Waals surface area contributed by atoms with Gasteiger partial charge in [-0.2, -0.15) is 9.97 Å². The number of rotatable bonds is 7. The highest BCUT2D eigenvalue weighted by atomic mass is 35.5. The van der Waals surface area contributed by atoms with Crippen molar-refractivity contribution < 1.29 is 4.74 Å². The molecule has 3 N–H and O–H groups in total. The van der Waals surface area contributed by atoms with Gasteiger partial charge in [-0.25, -0.2) is 4.98 Å². The van der Waals surface area contributed by atoms with Crippen LogP contribution in [0.1, 0.15) is 0 Å². The molecule has 1 saturated heterocycles. The maximum atomic E-state index is 6.48. The van der Waals surface area contributed by atoms with Crippen LogP contribution in [0.4, 0.5) is 29.0 Å². The summed E-state index contributed by atoms with van der Waals surface area (Å²) in [4.78, 5) is 24.9. The van der Waals surface area contributed by atoms with Crippen molar-refractivity contribution in [2.24, 2.45) is 0 Å². The van der Waals surface area contributed by atoms with Crippen molar-refractivity contribution in [2.45, 2.75) is 0 Å². The zero-order valence-electron chi connectivity index (χ0n) is 20.3. The molecular weight excluding hydrogens is 497 g/mol. The molecule has 4 heterocycles. The normalized spacial score (nSPS) is 13.8. The second-order valence-electron chi connectivity index (χ2n) is 8.38. The summed E-state index contributed by atoms with van der Waals surface area (Å²) >= 11 is 6.48. The monoisotopic (exact) mass is 523 g/mol. The Labute approximate surface area is 215 Å². The van der Waals surface area contributed by atoms with Gasteiger partial charge in [-0.1, -0.05) is 19.5 Å². The van der Waals surface area contributed by atoms with E-state index in [1.165, 1.54) is 0 Å². The molecule has 0 saturated carbocycles. The van der Waals surface area contributed by atoms with Gasteiger partial charge < -0.3 is 25.6 Å². The molecule has 1 aromatic carbocycles. The molecule has 0 unspecified atom stereocenters. The molecular formula is C24H27ClN9OP. The lowest BCUT2D eigenvalue weighted by Crippen LogP contribution is -2.43. The molecule has 0 spiro atoms. The molecule has 0 amide bonds. The van der Waals surface area contributed by atoms with Crippen LogP contribution in [0.3, 0.4) is 0 Å². The highest BCUT2D eigenvalue weighted by Gasteiger charge is 2.17. The number of aromatic nitrogens is 5. The third-order valence-electron chi connectivity index (χ3n) is 5.78. The van der Waals surface area contributed by atoms with E-state index in [4.69, 9.17) is 16.3 Å². The molecule has 1 aliphatic rings. The van der Waals surface area contributed by atoms with E-state index in [0.717, 1.165) is 54.0 Å². The van der Waals surface area contributed by atoms with Gasteiger partial charge in [-0.15, -0.1) is 0 Å². The van der Waals surface area contributed by atoms with Crippen LogP contribution in [0.5, 0.6) is 5.88 Å². The van der Waals surface area contributed by atoms with Crippen molar-refractivity contribution in [2.75, 3.05) is 62.2 Å². The lowest BCUT2D eigenvalue weighted by atomic mass is 10.2. The van der Waals surface area contributed by atoms with Crippen LogP contribution in [-0.4, -0.2) is 71.5 Å². The molecule has 36 heavy (non-hydrogen) atoms. The van der Waals surface area contributed by atoms with Crippen molar-refractivity contribution in [3.05, 3.63) is 47.9 Å². The summed E-state index contributed by atoms with van der Waals surface area (Å²) in [5, 5.41) is 11.5. The first-order valence-corrected chi connectivity index (χ1v) is 14.1. The van der Waals surface area contributed by atoms with Gasteiger partial charge in [0.15, 0.2) is 5.82 Å². The lowest BCUT2D eigenvalue weighted by Gasteiger charge is -2.28. The summed E-state index contributed by atoms with van der Waals surface area (Å²) in [7, 11) is 1.12. The van der Waals surface area contributed by atoms with Gasteiger partial charge in [-0.05, 0) is 37.6 Å². The number of nitrogens with zero attached hydrogens (tertiary/aromatic N) is 6. The second-order valence-corrected chi connectivity index (χ2v) is 11.0. The maximum absolute atomic E-state index is 6.48. The van der Waals surface area contributed by atoms with Gasteiger partial charge in [0.05, 0.1) is 24.3 Å². The average molecular weight is 524 g/mol. The molecule has 0 radical (unpaired) electrons. The van der Waals surface area contributed by atoms with Crippen LogP contribution in [0, 0.1) is 0 Å². The minimum Gasteiger partial charge on any atom is -0.479 e. The number of fused-ring (bicyclic) bond motifs is 1. The highest BCUT2D eigenvalue weighted by molar-refractivity contribution is 7.65. The van der Waals surface area contributed by atoms with Crippen LogP contribution >= 0.6 is 19.5 Å². The minimum atomic E-state index is -0.485. The fourth-order valence-corrected chi connectivity index (χ4v) is 5.44. The molecule has 1 fully saturated rings. The number of hydrogen-bond donors (Lipinski definition) is 3. The first kappa shape index (κ1) is 24.4. The molecule has 0 aliphatic carbocycles. The van der Waals surface area contributed by atoms with Gasteiger partial charge in [-0.3, -0.25) is 9.97 Å². The quantitative estimate of drug-likeness (QED) is 0.310. The lowest BCUT2D eigenvalue weighted by molar-refractivity contribution is 0.399.